The van der Waals surface area contributed by atoms with Crippen LogP contribution in [0.5, 0.6) is 17.2 Å². The highest BCUT2D eigenvalue weighted by Gasteiger charge is 2.32. The number of rotatable bonds is 8. The molecule has 0 bridgehead atoms. The van der Waals surface area contributed by atoms with Gasteiger partial charge in [0.15, 0.2) is 0 Å². The minimum Gasteiger partial charge on any atom is -0.494 e. The molecule has 0 saturated carbocycles. The molecule has 0 saturated heterocycles. The van der Waals surface area contributed by atoms with E-state index in [0.29, 0.717) is 56.5 Å². The fourth-order valence-corrected chi connectivity index (χ4v) is 4.60. The fourth-order valence-electron chi connectivity index (χ4n) is 4.60. The number of fused-ring (bicyclic) bond motifs is 3. The zero-order valence-electron chi connectivity index (χ0n) is 23.8. The Morgan fingerprint density at radius 1 is 0.721 bits per heavy atom. The topological polar surface area (TPSA) is 146 Å². The summed E-state index contributed by atoms with van der Waals surface area (Å²) in [6.07, 6.45) is 0.959. The highest BCUT2D eigenvalue weighted by Crippen LogP contribution is 2.20. The van der Waals surface area contributed by atoms with Gasteiger partial charge in [0.1, 0.15) is 23.9 Å². The third-order valence-electron chi connectivity index (χ3n) is 6.52. The lowest BCUT2D eigenvalue weighted by molar-refractivity contribution is 0.274. The van der Waals surface area contributed by atoms with Crippen LogP contribution in [0.1, 0.15) is 30.0 Å². The van der Waals surface area contributed by atoms with Gasteiger partial charge in [0.2, 0.25) is 0 Å². The Kier molecular flexibility index (Phi) is 13.7. The van der Waals surface area contributed by atoms with E-state index in [1.807, 2.05) is 48.5 Å². The zero-order valence-corrected chi connectivity index (χ0v) is 24.6. The average Bonchev–Trinajstić information content (AvgIpc) is 3.72. The first kappa shape index (κ1) is 34.2. The molecule has 15 heteroatoms. The fraction of sp³-hybridized carbons (Fsp3) is 0.321. The van der Waals surface area contributed by atoms with Gasteiger partial charge in [-0.15, -0.1) is 12.4 Å². The molecule has 6 rings (SSSR count). The van der Waals surface area contributed by atoms with Crippen molar-refractivity contribution in [2.24, 2.45) is 5.73 Å². The van der Waals surface area contributed by atoms with Crippen LogP contribution in [0.3, 0.4) is 0 Å². The van der Waals surface area contributed by atoms with Crippen LogP contribution in [0.2, 0.25) is 0 Å². The van der Waals surface area contributed by atoms with Crippen molar-refractivity contribution in [3.05, 3.63) is 82.7 Å². The zero-order chi connectivity index (χ0) is 29.9. The van der Waals surface area contributed by atoms with Crippen LogP contribution in [-0.2, 0) is 33.8 Å². The molecule has 0 aliphatic carbocycles. The van der Waals surface area contributed by atoms with E-state index in [0.717, 1.165) is 39.8 Å². The van der Waals surface area contributed by atoms with Gasteiger partial charge in [0.25, 0.3) is 0 Å². The second-order valence-corrected chi connectivity index (χ2v) is 9.39. The SMILES string of the molecule is CCCOc1cccc2c1B(O)OC2.Cl.NCCOc1cccc2c1B(O)OC2.[C-]#[N+]COc1cccc2c1B(O)OC2. The molecule has 226 valence electrons. The largest absolute Gasteiger partial charge is 0.495 e. The Hall–Kier alpha value is -3.25. The van der Waals surface area contributed by atoms with E-state index in [1.54, 1.807) is 6.07 Å². The third-order valence-corrected chi connectivity index (χ3v) is 6.52. The van der Waals surface area contributed by atoms with E-state index in [9.17, 15) is 15.1 Å². The smallest absolute Gasteiger partial charge is 0.494 e. The first-order chi connectivity index (χ1) is 20.5. The molecular weight excluding hydrogens is 576 g/mol. The molecule has 0 fully saturated rings. The molecule has 0 spiro atoms. The van der Waals surface area contributed by atoms with Gasteiger partial charge in [0, 0.05) is 22.9 Å². The molecule has 43 heavy (non-hydrogen) atoms. The minimum absolute atomic E-state index is 0. The maximum absolute atomic E-state index is 9.56. The van der Waals surface area contributed by atoms with Gasteiger partial charge in [-0.3, -0.25) is 4.85 Å². The summed E-state index contributed by atoms with van der Waals surface area (Å²) in [5.41, 5.74) is 10.4. The number of ether oxygens (including phenoxy) is 3. The number of nitrogens with two attached hydrogens (primary N) is 1. The number of benzene rings is 3. The van der Waals surface area contributed by atoms with Gasteiger partial charge < -0.3 is 49.0 Å². The molecular formula is C28H34B3ClN2O9. The molecule has 3 aliphatic rings. The van der Waals surface area contributed by atoms with Crippen LogP contribution in [0.25, 0.3) is 4.85 Å². The Labute approximate surface area is 258 Å². The molecule has 11 nitrogen and oxygen atoms in total. The molecule has 3 aromatic rings. The summed E-state index contributed by atoms with van der Waals surface area (Å²) in [6, 6.07) is 16.8. The molecule has 0 aromatic heterocycles. The minimum atomic E-state index is -0.924. The Morgan fingerprint density at radius 2 is 1.12 bits per heavy atom. The van der Waals surface area contributed by atoms with Crippen molar-refractivity contribution < 1.29 is 43.2 Å². The molecule has 3 aliphatic heterocycles. The number of halogens is 1. The monoisotopic (exact) mass is 610 g/mol. The summed E-state index contributed by atoms with van der Waals surface area (Å²) in [5.74, 6) is 1.94. The van der Waals surface area contributed by atoms with Gasteiger partial charge in [-0.05, 0) is 41.3 Å². The van der Waals surface area contributed by atoms with Crippen LogP contribution in [0.15, 0.2) is 54.6 Å². The summed E-state index contributed by atoms with van der Waals surface area (Å²) >= 11 is 0. The van der Waals surface area contributed by atoms with Crippen molar-refractivity contribution in [1.29, 1.82) is 0 Å². The predicted molar refractivity (Wildman–Crippen MR) is 166 cm³/mol. The number of hydrogen-bond acceptors (Lipinski definition) is 10. The van der Waals surface area contributed by atoms with Crippen LogP contribution >= 0.6 is 12.4 Å². The summed E-state index contributed by atoms with van der Waals surface area (Å²) in [6.45, 7) is 11.5. The third kappa shape index (κ3) is 8.66. The normalized spacial score (nSPS) is 13.7. The standard InChI is InChI=1S/C10H13BO3.C9H8BNO3.C9H12BNO3.ClH/c1-2-6-13-9-5-3-4-8-7-14-11(12)10(8)9;1-11-6-13-8-4-2-3-7-5-14-10(12)9(7)8;11-4-5-13-8-3-1-2-7-6-14-10(12)9(7)8;/h3-5,12H,2,6-7H2,1H3;2-4,12H,5-6H2;1-3,12H,4-6,11H2;1H. The van der Waals surface area contributed by atoms with E-state index in [2.05, 4.69) is 11.8 Å². The Morgan fingerprint density at radius 3 is 1.49 bits per heavy atom. The second kappa shape index (κ2) is 17.2. The lowest BCUT2D eigenvalue weighted by atomic mass is 9.79. The first-order valence-electron chi connectivity index (χ1n) is 13.6. The van der Waals surface area contributed by atoms with Crippen molar-refractivity contribution in [3.8, 4) is 17.2 Å². The summed E-state index contributed by atoms with van der Waals surface area (Å²) in [7, 11) is -2.61. The summed E-state index contributed by atoms with van der Waals surface area (Å²) in [4.78, 5) is 3.09. The second-order valence-electron chi connectivity index (χ2n) is 9.39. The van der Waals surface area contributed by atoms with Crippen molar-refractivity contribution in [1.82, 2.24) is 0 Å². The maximum atomic E-state index is 9.56. The quantitative estimate of drug-likeness (QED) is 0.210. The molecule has 0 unspecified atom stereocenters. The molecule has 0 radical (unpaired) electrons. The molecule has 0 amide bonds. The van der Waals surface area contributed by atoms with E-state index in [4.69, 9.17) is 40.5 Å². The van der Waals surface area contributed by atoms with Crippen molar-refractivity contribution in [2.75, 3.05) is 26.5 Å². The predicted octanol–water partition coefficient (Wildman–Crippen LogP) is 0.517. The van der Waals surface area contributed by atoms with Crippen LogP contribution < -0.4 is 36.3 Å². The summed E-state index contributed by atoms with van der Waals surface area (Å²) in [5, 5.41) is 28.6. The van der Waals surface area contributed by atoms with E-state index < -0.39 is 21.4 Å². The average molecular weight is 610 g/mol. The summed E-state index contributed by atoms with van der Waals surface area (Å²) < 4.78 is 31.4. The highest BCUT2D eigenvalue weighted by molar-refractivity contribution is 6.63. The highest BCUT2D eigenvalue weighted by atomic mass is 35.5. The molecule has 0 atom stereocenters. The van der Waals surface area contributed by atoms with Crippen LogP contribution in [0.4, 0.5) is 0 Å². The van der Waals surface area contributed by atoms with Crippen molar-refractivity contribution in [3.63, 3.8) is 0 Å². The Balaban J connectivity index is 0.000000175. The number of hydrogen-bond donors (Lipinski definition) is 4. The van der Waals surface area contributed by atoms with E-state index in [1.165, 1.54) is 0 Å². The van der Waals surface area contributed by atoms with Crippen molar-refractivity contribution >= 4 is 50.2 Å². The lowest BCUT2D eigenvalue weighted by Gasteiger charge is -2.09. The molecule has 3 aromatic carbocycles. The maximum Gasteiger partial charge on any atom is 0.495 e. The van der Waals surface area contributed by atoms with Gasteiger partial charge in [-0.1, -0.05) is 43.3 Å². The lowest BCUT2D eigenvalue weighted by Crippen LogP contribution is -2.30. The molecule has 3 heterocycles. The number of nitrogens with zero attached hydrogens (tertiary/aromatic N) is 1. The van der Waals surface area contributed by atoms with Gasteiger partial charge in [0.05, 0.1) is 26.4 Å². The van der Waals surface area contributed by atoms with Gasteiger partial charge in [-0.2, -0.15) is 0 Å². The van der Waals surface area contributed by atoms with E-state index in [-0.39, 0.29) is 19.1 Å². The van der Waals surface area contributed by atoms with Crippen LogP contribution in [0, 0.1) is 6.57 Å². The van der Waals surface area contributed by atoms with E-state index >= 15 is 0 Å². The Bertz CT molecular complexity index is 1320. The molecule has 5 N–H and O–H groups in total. The van der Waals surface area contributed by atoms with Crippen molar-refractivity contribution in [2.45, 2.75) is 33.2 Å². The van der Waals surface area contributed by atoms with Gasteiger partial charge >= 0.3 is 28.1 Å². The first-order valence-corrected chi connectivity index (χ1v) is 13.6. The van der Waals surface area contributed by atoms with Crippen LogP contribution in [-0.4, -0.2) is 62.9 Å². The van der Waals surface area contributed by atoms with Gasteiger partial charge in [-0.25, -0.2) is 6.57 Å².